The van der Waals surface area contributed by atoms with Crippen LogP contribution in [0.4, 0.5) is 19.1 Å². The third kappa shape index (κ3) is 4.98. The molecule has 18 heavy (non-hydrogen) atoms. The van der Waals surface area contributed by atoms with Crippen LogP contribution in [0.1, 0.15) is 24.2 Å². The number of carbonyl (C=O) groups is 1. The Labute approximate surface area is 102 Å². The van der Waals surface area contributed by atoms with Gasteiger partial charge in [0, 0.05) is 18.4 Å². The van der Waals surface area contributed by atoms with Crippen molar-refractivity contribution < 1.29 is 18.0 Å². The summed E-state index contributed by atoms with van der Waals surface area (Å²) in [5, 5.41) is 4.63. The summed E-state index contributed by atoms with van der Waals surface area (Å²) in [5.74, 6) is -0.541. The summed E-state index contributed by atoms with van der Waals surface area (Å²) in [7, 11) is 0. The number of hydrogen-bond acceptors (Lipinski definition) is 4. The highest BCUT2D eigenvalue weighted by atomic mass is 19.4. The molecule has 8 heteroatoms. The Hall–Kier alpha value is -1.86. The van der Waals surface area contributed by atoms with Crippen molar-refractivity contribution in [2.24, 2.45) is 0 Å². The number of rotatable bonds is 4. The second-order valence-electron chi connectivity index (χ2n) is 3.89. The van der Waals surface area contributed by atoms with Crippen molar-refractivity contribution in [3.05, 3.63) is 18.0 Å². The Morgan fingerprint density at radius 3 is 2.33 bits per heavy atom. The number of carbonyl (C=O) groups excluding carboxylic acids is 1. The second-order valence-corrected chi connectivity index (χ2v) is 3.89. The van der Waals surface area contributed by atoms with Gasteiger partial charge >= 0.3 is 6.18 Å². The van der Waals surface area contributed by atoms with E-state index in [9.17, 15) is 18.0 Å². The van der Waals surface area contributed by atoms with Crippen LogP contribution in [0.3, 0.4) is 0 Å². The molecule has 0 atom stereocenters. The number of amides is 1. The molecule has 0 saturated carbocycles. The van der Waals surface area contributed by atoms with Gasteiger partial charge in [0.15, 0.2) is 0 Å². The summed E-state index contributed by atoms with van der Waals surface area (Å²) >= 11 is 0. The molecule has 1 amide bonds. The van der Waals surface area contributed by atoms with Gasteiger partial charge in [-0.1, -0.05) is 0 Å². The van der Waals surface area contributed by atoms with E-state index in [-0.39, 0.29) is 11.6 Å². The van der Waals surface area contributed by atoms with E-state index in [1.807, 2.05) is 13.8 Å². The zero-order valence-electron chi connectivity index (χ0n) is 9.88. The summed E-state index contributed by atoms with van der Waals surface area (Å²) in [6, 6.07) is 0.120. The number of halogens is 3. The Morgan fingerprint density at radius 2 is 1.89 bits per heavy atom. The monoisotopic (exact) mass is 262 g/mol. The molecule has 0 bridgehead atoms. The zero-order chi connectivity index (χ0) is 13.8. The van der Waals surface area contributed by atoms with Crippen molar-refractivity contribution in [2.45, 2.75) is 26.1 Å². The van der Waals surface area contributed by atoms with E-state index in [4.69, 9.17) is 0 Å². The topological polar surface area (TPSA) is 66.9 Å². The molecule has 1 aromatic rings. The van der Waals surface area contributed by atoms with Crippen LogP contribution in [0.2, 0.25) is 0 Å². The first kappa shape index (κ1) is 14.2. The predicted molar refractivity (Wildman–Crippen MR) is 59.2 cm³/mol. The molecule has 0 aliphatic heterocycles. The fourth-order valence-corrected chi connectivity index (χ4v) is 1.06. The molecule has 0 saturated heterocycles. The third-order valence-electron chi connectivity index (χ3n) is 1.78. The molecule has 1 rings (SSSR count). The first-order valence-corrected chi connectivity index (χ1v) is 5.21. The summed E-state index contributed by atoms with van der Waals surface area (Å²) < 4.78 is 35.6. The van der Waals surface area contributed by atoms with Gasteiger partial charge in [0.25, 0.3) is 5.91 Å². The van der Waals surface area contributed by atoms with Crippen molar-refractivity contribution in [1.29, 1.82) is 0 Å². The Morgan fingerprint density at radius 1 is 1.33 bits per heavy atom. The molecule has 2 N–H and O–H groups in total. The Kier molecular flexibility index (Phi) is 4.46. The van der Waals surface area contributed by atoms with Crippen molar-refractivity contribution in [3.63, 3.8) is 0 Å². The minimum atomic E-state index is -4.43. The maximum Gasteiger partial charge on any atom is 0.405 e. The molecule has 100 valence electrons. The van der Waals surface area contributed by atoms with Crippen molar-refractivity contribution in [1.82, 2.24) is 15.3 Å². The largest absolute Gasteiger partial charge is 0.405 e. The Bertz CT molecular complexity index is 403. The van der Waals surface area contributed by atoms with Crippen molar-refractivity contribution in [2.75, 3.05) is 11.9 Å². The lowest BCUT2D eigenvalue weighted by molar-refractivity contribution is -0.123. The molecule has 0 aliphatic carbocycles. The molecular formula is C10H13F3N4O. The van der Waals surface area contributed by atoms with Crippen molar-refractivity contribution in [3.8, 4) is 0 Å². The molecule has 1 heterocycles. The SMILES string of the molecule is CC(C)Nc1ncc(C(=O)NCC(F)(F)F)cn1. The first-order valence-electron chi connectivity index (χ1n) is 5.21. The maximum absolute atomic E-state index is 11.9. The highest BCUT2D eigenvalue weighted by Crippen LogP contribution is 2.12. The van der Waals surface area contributed by atoms with Crippen LogP contribution in [0.25, 0.3) is 0 Å². The average molecular weight is 262 g/mol. The van der Waals surface area contributed by atoms with Crippen molar-refractivity contribution >= 4 is 11.9 Å². The van der Waals surface area contributed by atoms with Gasteiger partial charge in [0.05, 0.1) is 5.56 Å². The van der Waals surface area contributed by atoms with E-state index in [0.29, 0.717) is 5.95 Å². The van der Waals surface area contributed by atoms with Gasteiger partial charge < -0.3 is 10.6 Å². The van der Waals surface area contributed by atoms with Crippen LogP contribution in [-0.4, -0.2) is 34.6 Å². The molecule has 0 aliphatic rings. The lowest BCUT2D eigenvalue weighted by Crippen LogP contribution is -2.33. The molecule has 0 fully saturated rings. The standard InChI is InChI=1S/C10H13F3N4O/c1-6(2)17-9-14-3-7(4-15-9)8(18)16-5-10(11,12)13/h3-4,6H,5H2,1-2H3,(H,16,18)(H,14,15,17). The number of nitrogens with zero attached hydrogens (tertiary/aromatic N) is 2. The van der Waals surface area contributed by atoms with Gasteiger partial charge in [0.2, 0.25) is 5.95 Å². The van der Waals surface area contributed by atoms with E-state index < -0.39 is 18.6 Å². The van der Waals surface area contributed by atoms with Gasteiger partial charge in [-0.05, 0) is 13.8 Å². The van der Waals surface area contributed by atoms with E-state index in [2.05, 4.69) is 15.3 Å². The number of nitrogens with one attached hydrogen (secondary N) is 2. The van der Waals surface area contributed by atoms with E-state index in [1.165, 1.54) is 12.4 Å². The lowest BCUT2D eigenvalue weighted by atomic mass is 10.3. The van der Waals surface area contributed by atoms with Crippen LogP contribution in [0.15, 0.2) is 12.4 Å². The summed E-state index contributed by atoms with van der Waals surface area (Å²) in [4.78, 5) is 19.0. The minimum Gasteiger partial charge on any atom is -0.352 e. The fourth-order valence-electron chi connectivity index (χ4n) is 1.06. The zero-order valence-corrected chi connectivity index (χ0v) is 9.88. The minimum absolute atomic E-state index is 0.0199. The van der Waals surface area contributed by atoms with E-state index >= 15 is 0 Å². The molecule has 1 aromatic heterocycles. The van der Waals surface area contributed by atoms with Crippen LogP contribution in [0, 0.1) is 0 Å². The summed E-state index contributed by atoms with van der Waals surface area (Å²) in [5.41, 5.74) is -0.0199. The van der Waals surface area contributed by atoms with Gasteiger partial charge in [-0.3, -0.25) is 4.79 Å². The van der Waals surface area contributed by atoms with Gasteiger partial charge in [-0.25, -0.2) is 9.97 Å². The first-order chi connectivity index (χ1) is 8.28. The van der Waals surface area contributed by atoms with Crippen LogP contribution >= 0.6 is 0 Å². The number of hydrogen-bond donors (Lipinski definition) is 2. The summed E-state index contributed by atoms with van der Waals surface area (Å²) in [6.07, 6.45) is -2.09. The molecule has 0 radical (unpaired) electrons. The lowest BCUT2D eigenvalue weighted by Gasteiger charge is -2.09. The average Bonchev–Trinajstić information content (AvgIpc) is 2.25. The van der Waals surface area contributed by atoms with Crippen LogP contribution < -0.4 is 10.6 Å². The predicted octanol–water partition coefficient (Wildman–Crippen LogP) is 1.59. The molecule has 0 spiro atoms. The molecule has 0 aromatic carbocycles. The number of anilines is 1. The fraction of sp³-hybridized carbons (Fsp3) is 0.500. The number of alkyl halides is 3. The van der Waals surface area contributed by atoms with Gasteiger partial charge in [0.1, 0.15) is 6.54 Å². The highest BCUT2D eigenvalue weighted by molar-refractivity contribution is 5.93. The molecular weight excluding hydrogens is 249 g/mol. The molecule has 0 unspecified atom stereocenters. The quantitative estimate of drug-likeness (QED) is 0.864. The van der Waals surface area contributed by atoms with Crippen LogP contribution in [0.5, 0.6) is 0 Å². The number of aromatic nitrogens is 2. The van der Waals surface area contributed by atoms with E-state index in [0.717, 1.165) is 0 Å². The third-order valence-corrected chi connectivity index (χ3v) is 1.78. The maximum atomic E-state index is 11.9. The second kappa shape index (κ2) is 5.65. The normalized spacial score (nSPS) is 11.4. The van der Waals surface area contributed by atoms with Gasteiger partial charge in [-0.15, -0.1) is 0 Å². The van der Waals surface area contributed by atoms with Crippen LogP contribution in [-0.2, 0) is 0 Å². The van der Waals surface area contributed by atoms with E-state index in [1.54, 1.807) is 5.32 Å². The molecule has 5 nitrogen and oxygen atoms in total. The Balaban J connectivity index is 2.59. The summed E-state index contributed by atoms with van der Waals surface area (Å²) in [6.45, 7) is 2.39. The smallest absolute Gasteiger partial charge is 0.352 e. The van der Waals surface area contributed by atoms with Gasteiger partial charge in [-0.2, -0.15) is 13.2 Å². The highest BCUT2D eigenvalue weighted by Gasteiger charge is 2.27.